The highest BCUT2D eigenvalue weighted by molar-refractivity contribution is 6.01. The largest absolute Gasteiger partial charge is 0.440 e. The van der Waals surface area contributed by atoms with Crippen molar-refractivity contribution in [1.29, 1.82) is 0 Å². The molecule has 5 aromatic rings. The highest BCUT2D eigenvalue weighted by Crippen LogP contribution is 2.54. The zero-order chi connectivity index (χ0) is 29.3. The number of benzene rings is 3. The van der Waals surface area contributed by atoms with E-state index in [0.717, 1.165) is 53.4 Å². The zero-order valence-corrected chi connectivity index (χ0v) is 25.7. The summed E-state index contributed by atoms with van der Waals surface area (Å²) in [5, 5.41) is 2.32. The van der Waals surface area contributed by atoms with E-state index in [0.29, 0.717) is 5.56 Å². The fraction of sp³-hybridized carbons (Fsp3) is 0.395. The summed E-state index contributed by atoms with van der Waals surface area (Å²) in [4.78, 5) is 13.8. The van der Waals surface area contributed by atoms with Crippen LogP contribution in [0.3, 0.4) is 0 Å². The molecule has 0 unspecified atom stereocenters. The first-order valence-electron chi connectivity index (χ1n) is 16.0. The predicted molar refractivity (Wildman–Crippen MR) is 173 cm³/mol. The summed E-state index contributed by atoms with van der Waals surface area (Å²) in [5.41, 5.74) is 7.55. The van der Waals surface area contributed by atoms with Gasteiger partial charge in [-0.2, -0.15) is 0 Å². The molecule has 0 fully saturated rings. The Balaban J connectivity index is 1.65. The van der Waals surface area contributed by atoms with Crippen molar-refractivity contribution >= 4 is 27.8 Å². The normalized spacial score (nSPS) is 14.1. The second-order valence-electron chi connectivity index (χ2n) is 12.0. The Morgan fingerprint density at radius 2 is 1.10 bits per heavy atom. The Morgan fingerprint density at radius 3 is 1.62 bits per heavy atom. The van der Waals surface area contributed by atoms with Gasteiger partial charge in [-0.3, -0.25) is 0 Å². The number of cyclic esters (lactones) is 1. The molecule has 0 amide bonds. The predicted octanol–water partition coefficient (Wildman–Crippen LogP) is 9.84. The molecule has 0 atom stereocenters. The third-order valence-corrected chi connectivity index (χ3v) is 9.41. The molecule has 0 aliphatic carbocycles. The van der Waals surface area contributed by atoms with E-state index in [4.69, 9.17) is 4.74 Å². The maximum Gasteiger partial charge on any atom is 0.340 e. The van der Waals surface area contributed by atoms with Gasteiger partial charge in [-0.15, -0.1) is 0 Å². The van der Waals surface area contributed by atoms with Gasteiger partial charge in [-0.1, -0.05) is 107 Å². The molecule has 3 aromatic carbocycles. The van der Waals surface area contributed by atoms with E-state index in [9.17, 15) is 4.79 Å². The van der Waals surface area contributed by atoms with Crippen LogP contribution in [0.4, 0.5) is 0 Å². The minimum atomic E-state index is -1.04. The lowest BCUT2D eigenvalue weighted by Gasteiger charge is -2.31. The lowest BCUT2D eigenvalue weighted by molar-refractivity contribution is 0.0255. The minimum absolute atomic E-state index is 0.246. The quantitative estimate of drug-likeness (QED) is 0.112. The van der Waals surface area contributed by atoms with Crippen molar-refractivity contribution in [2.45, 2.75) is 97.8 Å². The fourth-order valence-corrected chi connectivity index (χ4v) is 7.43. The molecule has 42 heavy (non-hydrogen) atoms. The van der Waals surface area contributed by atoms with E-state index in [2.05, 4.69) is 91.4 Å². The summed E-state index contributed by atoms with van der Waals surface area (Å²) in [6.45, 7) is 10.9. The van der Waals surface area contributed by atoms with Crippen LogP contribution in [-0.2, 0) is 23.4 Å². The Bertz CT molecular complexity index is 1640. The fourth-order valence-electron chi connectivity index (χ4n) is 7.43. The molecule has 1 aliphatic heterocycles. The van der Waals surface area contributed by atoms with Crippen molar-refractivity contribution in [1.82, 2.24) is 9.13 Å². The Morgan fingerprint density at radius 1 is 0.619 bits per heavy atom. The molecule has 0 N–H and O–H groups in total. The number of nitrogens with zero attached hydrogens (tertiary/aromatic N) is 2. The second kappa shape index (κ2) is 11.8. The van der Waals surface area contributed by atoms with Crippen LogP contribution in [0.5, 0.6) is 0 Å². The van der Waals surface area contributed by atoms with Gasteiger partial charge in [0, 0.05) is 63.0 Å². The van der Waals surface area contributed by atoms with E-state index in [1.807, 2.05) is 18.2 Å². The van der Waals surface area contributed by atoms with Gasteiger partial charge in [0.2, 0.25) is 0 Å². The first kappa shape index (κ1) is 28.3. The third-order valence-electron chi connectivity index (χ3n) is 9.41. The Kier molecular flexibility index (Phi) is 7.98. The van der Waals surface area contributed by atoms with Gasteiger partial charge in [-0.05, 0) is 44.9 Å². The number of aromatic nitrogens is 2. The number of carbonyl (C=O) groups is 1. The van der Waals surface area contributed by atoms with Crippen molar-refractivity contribution in [3.05, 3.63) is 106 Å². The van der Waals surface area contributed by atoms with Crippen molar-refractivity contribution < 1.29 is 9.53 Å². The molecule has 2 aromatic heterocycles. The maximum atomic E-state index is 13.8. The number of aryl methyl sites for hydroxylation is 2. The summed E-state index contributed by atoms with van der Waals surface area (Å²) < 4.78 is 11.8. The number of esters is 1. The number of unbranched alkanes of at least 4 members (excludes halogenated alkanes) is 6. The number of para-hydroxylation sites is 2. The van der Waals surface area contributed by atoms with Crippen LogP contribution < -0.4 is 0 Å². The highest BCUT2D eigenvalue weighted by atomic mass is 16.6. The summed E-state index contributed by atoms with van der Waals surface area (Å²) in [6.07, 6.45) is 9.62. The SMILES string of the molecule is CCCCCCn1c(C)c(C2(c3c(C)n(CCCCCC)c4ccccc34)OC(=O)c3ccccc32)c2ccccc21. The second-order valence-corrected chi connectivity index (χ2v) is 12.0. The summed E-state index contributed by atoms with van der Waals surface area (Å²) in [5.74, 6) is -0.246. The van der Waals surface area contributed by atoms with Crippen LogP contribution in [0, 0.1) is 13.8 Å². The highest BCUT2D eigenvalue weighted by Gasteiger charge is 2.53. The molecule has 4 nitrogen and oxygen atoms in total. The van der Waals surface area contributed by atoms with E-state index >= 15 is 0 Å². The topological polar surface area (TPSA) is 36.2 Å². The molecule has 3 heterocycles. The molecule has 6 rings (SSSR count). The van der Waals surface area contributed by atoms with Crippen LogP contribution in [0.2, 0.25) is 0 Å². The van der Waals surface area contributed by atoms with E-state index in [1.165, 1.54) is 60.9 Å². The van der Waals surface area contributed by atoms with Crippen LogP contribution >= 0.6 is 0 Å². The van der Waals surface area contributed by atoms with Gasteiger partial charge in [0.15, 0.2) is 5.60 Å². The van der Waals surface area contributed by atoms with E-state index < -0.39 is 5.60 Å². The van der Waals surface area contributed by atoms with Crippen LogP contribution in [0.25, 0.3) is 21.8 Å². The summed E-state index contributed by atoms with van der Waals surface area (Å²) >= 11 is 0. The number of ether oxygens (including phenoxy) is 1. The lowest BCUT2D eigenvalue weighted by atomic mass is 9.77. The number of hydrogen-bond acceptors (Lipinski definition) is 2. The molecule has 0 radical (unpaired) electrons. The molecule has 218 valence electrons. The number of hydrogen-bond donors (Lipinski definition) is 0. The number of rotatable bonds is 12. The van der Waals surface area contributed by atoms with Gasteiger partial charge in [0.05, 0.1) is 5.56 Å². The molecule has 0 saturated heterocycles. The first-order valence-corrected chi connectivity index (χ1v) is 16.0. The third kappa shape index (κ3) is 4.47. The average molecular weight is 561 g/mol. The van der Waals surface area contributed by atoms with Gasteiger partial charge in [0.25, 0.3) is 0 Å². The van der Waals surface area contributed by atoms with Crippen molar-refractivity contribution in [2.24, 2.45) is 0 Å². The Labute approximate surface area is 250 Å². The van der Waals surface area contributed by atoms with Gasteiger partial charge >= 0.3 is 5.97 Å². The maximum absolute atomic E-state index is 13.8. The molecule has 1 aliphatic rings. The standard InChI is InChI=1S/C38H44N2O2/c1-5-7-9-17-25-39-27(3)35(30-20-12-15-23-33(30)39)38(32-22-14-11-19-29(32)37(41)42-38)36-28(4)40(26-18-10-8-6-2)34-24-16-13-21-31(34)36/h11-16,19-24H,5-10,17-18,25-26H2,1-4H3. The van der Waals surface area contributed by atoms with Crippen molar-refractivity contribution in [3.8, 4) is 0 Å². The van der Waals surface area contributed by atoms with Gasteiger partial charge in [-0.25, -0.2) is 4.79 Å². The molecular weight excluding hydrogens is 516 g/mol. The molecule has 0 spiro atoms. The van der Waals surface area contributed by atoms with Gasteiger partial charge in [0.1, 0.15) is 0 Å². The summed E-state index contributed by atoms with van der Waals surface area (Å²) in [7, 11) is 0. The zero-order valence-electron chi connectivity index (χ0n) is 25.7. The van der Waals surface area contributed by atoms with Crippen LogP contribution in [0.1, 0.15) is 104 Å². The molecule has 0 bridgehead atoms. The monoisotopic (exact) mass is 560 g/mol. The van der Waals surface area contributed by atoms with Crippen LogP contribution in [-0.4, -0.2) is 15.1 Å². The molecule has 4 heteroatoms. The number of fused-ring (bicyclic) bond motifs is 3. The summed E-state index contributed by atoms with van der Waals surface area (Å²) in [6, 6.07) is 25.4. The van der Waals surface area contributed by atoms with Crippen LogP contribution in [0.15, 0.2) is 72.8 Å². The molecular formula is C38H44N2O2. The molecule has 0 saturated carbocycles. The lowest BCUT2D eigenvalue weighted by Crippen LogP contribution is -2.31. The van der Waals surface area contributed by atoms with Crippen molar-refractivity contribution in [2.75, 3.05) is 0 Å². The average Bonchev–Trinajstić information content (AvgIpc) is 3.58. The minimum Gasteiger partial charge on any atom is -0.440 e. The number of carbonyl (C=O) groups excluding carboxylic acids is 1. The van der Waals surface area contributed by atoms with Crippen molar-refractivity contribution in [3.63, 3.8) is 0 Å². The van der Waals surface area contributed by atoms with Gasteiger partial charge < -0.3 is 13.9 Å². The Hall–Kier alpha value is -3.79. The smallest absolute Gasteiger partial charge is 0.340 e. The van der Waals surface area contributed by atoms with E-state index in [1.54, 1.807) is 0 Å². The van der Waals surface area contributed by atoms with E-state index in [-0.39, 0.29) is 5.97 Å². The first-order chi connectivity index (χ1) is 20.5.